The Bertz CT molecular complexity index is 769. The first-order chi connectivity index (χ1) is 9.31. The zero-order valence-corrected chi connectivity index (χ0v) is 15.1. The molecule has 9 heteroatoms. The second kappa shape index (κ2) is 6.19. The van der Waals surface area contributed by atoms with Gasteiger partial charge in [0.15, 0.2) is 0 Å². The first-order valence-corrected chi connectivity index (χ1v) is 8.90. The van der Waals surface area contributed by atoms with Gasteiger partial charge in [0.2, 0.25) is 0 Å². The van der Waals surface area contributed by atoms with Crippen LogP contribution in [0.15, 0.2) is 44.4 Å². The summed E-state index contributed by atoms with van der Waals surface area (Å²) in [4.78, 5) is 3.83. The van der Waals surface area contributed by atoms with Crippen LogP contribution >= 0.6 is 55.1 Å². The average Bonchev–Trinajstić information content (AvgIpc) is 2.39. The number of pyridine rings is 1. The molecule has 2 aromatic rings. The average molecular weight is 461 g/mol. The minimum Gasteiger partial charge on any atom is -0.278 e. The number of benzene rings is 1. The predicted octanol–water partition coefficient (Wildman–Crippen LogP) is 4.71. The number of nitrogens with one attached hydrogen (secondary N) is 1. The van der Waals surface area contributed by atoms with E-state index in [1.54, 1.807) is 6.07 Å². The van der Waals surface area contributed by atoms with E-state index in [2.05, 4.69) is 41.6 Å². The maximum atomic E-state index is 12.2. The highest BCUT2D eigenvalue weighted by Crippen LogP contribution is 2.36. The second-order valence-electron chi connectivity index (χ2n) is 3.67. The lowest BCUT2D eigenvalue weighted by Gasteiger charge is -2.11. The molecule has 0 saturated carbocycles. The van der Waals surface area contributed by atoms with Crippen LogP contribution in [0.4, 0.5) is 5.69 Å². The molecular formula is C11H6Br2Cl2N2O2S. The van der Waals surface area contributed by atoms with E-state index in [9.17, 15) is 8.42 Å². The van der Waals surface area contributed by atoms with Gasteiger partial charge in [-0.2, -0.15) is 0 Å². The van der Waals surface area contributed by atoms with Gasteiger partial charge in [-0.3, -0.25) is 9.71 Å². The van der Waals surface area contributed by atoms with Crippen LogP contribution in [0.25, 0.3) is 0 Å². The van der Waals surface area contributed by atoms with Crippen molar-refractivity contribution in [3.63, 3.8) is 0 Å². The van der Waals surface area contributed by atoms with Gasteiger partial charge in [0.1, 0.15) is 4.90 Å². The van der Waals surface area contributed by atoms with Crippen molar-refractivity contribution in [2.75, 3.05) is 4.72 Å². The molecule has 1 aromatic carbocycles. The molecule has 0 atom stereocenters. The first-order valence-electron chi connectivity index (χ1n) is 5.08. The standard InChI is InChI=1S/C11H6Br2Cl2N2O2S/c12-6-3-7(5-16-4-6)20(18,19)17-9-2-1-8(13)10(14)11(9)15/h1-5,17H. The van der Waals surface area contributed by atoms with Gasteiger partial charge < -0.3 is 0 Å². The molecular weight excluding hydrogens is 455 g/mol. The number of hydrogen-bond donors (Lipinski definition) is 1. The van der Waals surface area contributed by atoms with Crippen molar-refractivity contribution in [3.05, 3.63) is 49.6 Å². The maximum Gasteiger partial charge on any atom is 0.263 e. The molecule has 1 N–H and O–H groups in total. The van der Waals surface area contributed by atoms with Gasteiger partial charge in [-0.1, -0.05) is 23.2 Å². The lowest BCUT2D eigenvalue weighted by molar-refractivity contribution is 0.600. The highest BCUT2D eigenvalue weighted by Gasteiger charge is 2.18. The summed E-state index contributed by atoms with van der Waals surface area (Å²) >= 11 is 18.3. The Hall–Kier alpha value is -0.340. The van der Waals surface area contributed by atoms with E-state index in [4.69, 9.17) is 23.2 Å². The van der Waals surface area contributed by atoms with E-state index < -0.39 is 10.0 Å². The molecule has 1 heterocycles. The molecule has 0 aliphatic rings. The number of aromatic nitrogens is 1. The number of sulfonamides is 1. The Morgan fingerprint density at radius 3 is 2.45 bits per heavy atom. The predicted molar refractivity (Wildman–Crippen MR) is 86.9 cm³/mol. The van der Waals surface area contributed by atoms with Crippen LogP contribution in [0.1, 0.15) is 0 Å². The second-order valence-corrected chi connectivity index (χ2v) is 7.88. The topological polar surface area (TPSA) is 59.1 Å². The molecule has 106 valence electrons. The molecule has 0 bridgehead atoms. The molecule has 0 spiro atoms. The first kappa shape index (κ1) is 16.0. The number of hydrogen-bond acceptors (Lipinski definition) is 3. The van der Waals surface area contributed by atoms with Gasteiger partial charge in [-0.25, -0.2) is 8.42 Å². The van der Waals surface area contributed by atoms with Crippen molar-refractivity contribution in [1.29, 1.82) is 0 Å². The molecule has 0 unspecified atom stereocenters. The largest absolute Gasteiger partial charge is 0.278 e. The van der Waals surface area contributed by atoms with Gasteiger partial charge in [0.05, 0.1) is 15.7 Å². The summed E-state index contributed by atoms with van der Waals surface area (Å²) in [5.74, 6) is 0. The summed E-state index contributed by atoms with van der Waals surface area (Å²) in [7, 11) is -3.79. The number of rotatable bonds is 3. The van der Waals surface area contributed by atoms with Crippen LogP contribution in [-0.2, 0) is 10.0 Å². The van der Waals surface area contributed by atoms with Crippen molar-refractivity contribution < 1.29 is 8.42 Å². The van der Waals surface area contributed by atoms with E-state index in [0.29, 0.717) is 8.95 Å². The minimum atomic E-state index is -3.79. The maximum absolute atomic E-state index is 12.2. The summed E-state index contributed by atoms with van der Waals surface area (Å²) in [6, 6.07) is 4.55. The zero-order chi connectivity index (χ0) is 14.9. The van der Waals surface area contributed by atoms with Crippen LogP contribution in [0, 0.1) is 0 Å². The van der Waals surface area contributed by atoms with Crippen LogP contribution in [0.3, 0.4) is 0 Å². The van der Waals surface area contributed by atoms with E-state index in [-0.39, 0.29) is 20.6 Å². The van der Waals surface area contributed by atoms with Crippen LogP contribution in [-0.4, -0.2) is 13.4 Å². The lowest BCUT2D eigenvalue weighted by atomic mass is 10.3. The molecule has 0 saturated heterocycles. The fraction of sp³-hybridized carbons (Fsp3) is 0. The highest BCUT2D eigenvalue weighted by atomic mass is 79.9. The van der Waals surface area contributed by atoms with Crippen molar-refractivity contribution in [2.24, 2.45) is 0 Å². The Morgan fingerprint density at radius 2 is 1.80 bits per heavy atom. The van der Waals surface area contributed by atoms with Crippen molar-refractivity contribution in [1.82, 2.24) is 4.98 Å². The molecule has 1 aromatic heterocycles. The molecule has 0 aliphatic carbocycles. The van der Waals surface area contributed by atoms with Gasteiger partial charge in [-0.05, 0) is 50.1 Å². The Labute approximate surface area is 142 Å². The highest BCUT2D eigenvalue weighted by molar-refractivity contribution is 9.10. The summed E-state index contributed by atoms with van der Waals surface area (Å²) < 4.78 is 27.9. The van der Waals surface area contributed by atoms with Crippen LogP contribution in [0.2, 0.25) is 10.0 Å². The number of anilines is 1. The van der Waals surface area contributed by atoms with Gasteiger partial charge in [-0.15, -0.1) is 0 Å². The molecule has 0 radical (unpaired) electrons. The molecule has 4 nitrogen and oxygen atoms in total. The zero-order valence-electron chi connectivity index (χ0n) is 9.57. The molecule has 0 fully saturated rings. The Balaban J connectivity index is 2.41. The summed E-state index contributed by atoms with van der Waals surface area (Å²) in [6.07, 6.45) is 2.73. The third-order valence-electron chi connectivity index (χ3n) is 2.27. The van der Waals surface area contributed by atoms with Crippen molar-refractivity contribution >= 4 is 70.8 Å². The Morgan fingerprint density at radius 1 is 1.10 bits per heavy atom. The van der Waals surface area contributed by atoms with E-state index in [0.717, 1.165) is 0 Å². The molecule has 20 heavy (non-hydrogen) atoms. The summed E-state index contributed by atoms with van der Waals surface area (Å²) in [5.41, 5.74) is 0.194. The number of nitrogens with zero attached hydrogens (tertiary/aromatic N) is 1. The van der Waals surface area contributed by atoms with Crippen molar-refractivity contribution in [3.8, 4) is 0 Å². The normalized spacial score (nSPS) is 11.4. The Kier molecular flexibility index (Phi) is 4.96. The third kappa shape index (κ3) is 3.46. The van der Waals surface area contributed by atoms with Gasteiger partial charge in [0, 0.05) is 21.3 Å². The fourth-order valence-electron chi connectivity index (χ4n) is 1.35. The SMILES string of the molecule is O=S(=O)(Nc1ccc(Br)c(Cl)c1Cl)c1cncc(Br)c1. The quantitative estimate of drug-likeness (QED) is 0.674. The smallest absolute Gasteiger partial charge is 0.263 e. The summed E-state index contributed by atoms with van der Waals surface area (Å²) in [5, 5.41) is 0.354. The molecule has 0 amide bonds. The van der Waals surface area contributed by atoms with Crippen molar-refractivity contribution in [2.45, 2.75) is 4.90 Å². The van der Waals surface area contributed by atoms with Gasteiger partial charge in [0.25, 0.3) is 10.0 Å². The van der Waals surface area contributed by atoms with E-state index >= 15 is 0 Å². The lowest BCUT2D eigenvalue weighted by Crippen LogP contribution is -2.13. The number of halogens is 4. The van der Waals surface area contributed by atoms with E-state index in [1.807, 2.05) is 0 Å². The van der Waals surface area contributed by atoms with Gasteiger partial charge >= 0.3 is 0 Å². The van der Waals surface area contributed by atoms with E-state index in [1.165, 1.54) is 24.5 Å². The third-order valence-corrected chi connectivity index (χ3v) is 5.81. The monoisotopic (exact) mass is 458 g/mol. The van der Waals surface area contributed by atoms with Crippen LogP contribution < -0.4 is 4.72 Å². The molecule has 2 rings (SSSR count). The molecule has 0 aliphatic heterocycles. The fourth-order valence-corrected chi connectivity index (χ4v) is 3.80. The summed E-state index contributed by atoms with van der Waals surface area (Å²) in [6.45, 7) is 0. The van der Waals surface area contributed by atoms with Crippen LogP contribution in [0.5, 0.6) is 0 Å². The minimum absolute atomic E-state index is 0.0157.